The van der Waals surface area contributed by atoms with Crippen molar-refractivity contribution in [1.82, 2.24) is 0 Å². The van der Waals surface area contributed by atoms with Crippen molar-refractivity contribution in [2.45, 2.75) is 6.61 Å². The Balaban J connectivity index is 2.16. The van der Waals surface area contributed by atoms with Crippen LogP contribution in [0.5, 0.6) is 0 Å². The summed E-state index contributed by atoms with van der Waals surface area (Å²) >= 11 is 5.69. The van der Waals surface area contributed by atoms with E-state index in [0.717, 1.165) is 12.1 Å². The third kappa shape index (κ3) is 3.28. The van der Waals surface area contributed by atoms with Gasteiger partial charge in [0.25, 0.3) is 0 Å². The summed E-state index contributed by atoms with van der Waals surface area (Å²) in [6.07, 6.45) is 0. The molecule has 0 spiro atoms. The second-order valence-corrected chi connectivity index (χ2v) is 4.52. The van der Waals surface area contributed by atoms with Gasteiger partial charge < -0.3 is 10.5 Å². The summed E-state index contributed by atoms with van der Waals surface area (Å²) in [5.74, 6) is -3.80. The van der Waals surface area contributed by atoms with Gasteiger partial charge in [-0.3, -0.25) is 0 Å². The third-order valence-electron chi connectivity index (χ3n) is 2.70. The molecular formula is C14H9ClF3NO2. The lowest BCUT2D eigenvalue weighted by Crippen LogP contribution is -2.09. The molecule has 0 aliphatic heterocycles. The van der Waals surface area contributed by atoms with E-state index in [1.54, 1.807) is 0 Å². The van der Waals surface area contributed by atoms with E-state index in [-0.39, 0.29) is 22.9 Å². The van der Waals surface area contributed by atoms with E-state index in [0.29, 0.717) is 6.07 Å². The molecule has 0 atom stereocenters. The Morgan fingerprint density at radius 2 is 1.86 bits per heavy atom. The van der Waals surface area contributed by atoms with Gasteiger partial charge in [-0.2, -0.15) is 0 Å². The van der Waals surface area contributed by atoms with Gasteiger partial charge in [0.05, 0.1) is 16.3 Å². The summed E-state index contributed by atoms with van der Waals surface area (Å²) in [6, 6.07) is 5.31. The molecule has 0 aliphatic rings. The third-order valence-corrected chi connectivity index (χ3v) is 3.12. The number of anilines is 1. The predicted octanol–water partition coefficient (Wildman–Crippen LogP) is 3.70. The second-order valence-electron chi connectivity index (χ2n) is 4.14. The molecule has 0 amide bonds. The first-order valence-corrected chi connectivity index (χ1v) is 6.12. The van der Waals surface area contributed by atoms with Crippen molar-refractivity contribution >= 4 is 23.3 Å². The molecule has 0 aliphatic carbocycles. The molecule has 0 bridgehead atoms. The number of nitrogen functional groups attached to an aromatic ring is 1. The predicted molar refractivity (Wildman–Crippen MR) is 71.3 cm³/mol. The molecule has 0 heterocycles. The largest absolute Gasteiger partial charge is 0.457 e. The molecule has 0 saturated heterocycles. The number of carbonyl (C=O) groups is 1. The first-order valence-electron chi connectivity index (χ1n) is 5.74. The lowest BCUT2D eigenvalue weighted by molar-refractivity contribution is 0.0467. The van der Waals surface area contributed by atoms with Crippen molar-refractivity contribution < 1.29 is 22.7 Å². The highest BCUT2D eigenvalue weighted by atomic mass is 35.5. The molecule has 0 fully saturated rings. The number of hydrogen-bond acceptors (Lipinski definition) is 3. The van der Waals surface area contributed by atoms with E-state index in [9.17, 15) is 18.0 Å². The van der Waals surface area contributed by atoms with Crippen LogP contribution in [0.4, 0.5) is 18.9 Å². The Kier molecular flexibility index (Phi) is 4.37. The maximum atomic E-state index is 13.5. The van der Waals surface area contributed by atoms with Crippen molar-refractivity contribution in [3.8, 4) is 0 Å². The zero-order valence-electron chi connectivity index (χ0n) is 10.5. The Labute approximate surface area is 123 Å². The number of hydrogen-bond donors (Lipinski definition) is 1. The maximum Gasteiger partial charge on any atom is 0.341 e. The van der Waals surface area contributed by atoms with Crippen molar-refractivity contribution in [1.29, 1.82) is 0 Å². The molecule has 0 unspecified atom stereocenters. The number of carbonyl (C=O) groups excluding carboxylic acids is 1. The smallest absolute Gasteiger partial charge is 0.341 e. The van der Waals surface area contributed by atoms with Crippen LogP contribution in [0.3, 0.4) is 0 Å². The molecule has 21 heavy (non-hydrogen) atoms. The zero-order valence-corrected chi connectivity index (χ0v) is 11.3. The van der Waals surface area contributed by atoms with Gasteiger partial charge >= 0.3 is 5.97 Å². The van der Waals surface area contributed by atoms with Crippen LogP contribution in [0.1, 0.15) is 15.9 Å². The van der Waals surface area contributed by atoms with Gasteiger partial charge in [0.2, 0.25) is 0 Å². The van der Waals surface area contributed by atoms with Crippen LogP contribution in [0.25, 0.3) is 0 Å². The average molecular weight is 316 g/mol. The fraction of sp³-hybridized carbons (Fsp3) is 0.0714. The molecule has 7 heteroatoms. The summed E-state index contributed by atoms with van der Waals surface area (Å²) in [4.78, 5) is 11.7. The molecular weight excluding hydrogens is 307 g/mol. The van der Waals surface area contributed by atoms with Crippen LogP contribution in [0.15, 0.2) is 30.3 Å². The van der Waals surface area contributed by atoms with E-state index in [2.05, 4.69) is 0 Å². The molecule has 0 aromatic heterocycles. The summed E-state index contributed by atoms with van der Waals surface area (Å²) in [7, 11) is 0. The minimum Gasteiger partial charge on any atom is -0.457 e. The monoisotopic (exact) mass is 315 g/mol. The van der Waals surface area contributed by atoms with Crippen molar-refractivity contribution in [2.24, 2.45) is 0 Å². The van der Waals surface area contributed by atoms with E-state index in [1.165, 1.54) is 12.1 Å². The van der Waals surface area contributed by atoms with Crippen LogP contribution >= 0.6 is 11.6 Å². The summed E-state index contributed by atoms with van der Waals surface area (Å²) in [6.45, 7) is -0.355. The Hall–Kier alpha value is -2.21. The van der Waals surface area contributed by atoms with Crippen molar-refractivity contribution in [2.75, 3.05) is 5.73 Å². The Morgan fingerprint density at radius 3 is 2.57 bits per heavy atom. The highest BCUT2D eigenvalue weighted by Crippen LogP contribution is 2.22. The second kappa shape index (κ2) is 6.05. The van der Waals surface area contributed by atoms with E-state index >= 15 is 0 Å². The fourth-order valence-electron chi connectivity index (χ4n) is 1.60. The van der Waals surface area contributed by atoms with E-state index < -0.39 is 29.0 Å². The minimum atomic E-state index is -1.10. The molecule has 0 saturated carbocycles. The molecule has 0 radical (unpaired) electrons. The number of benzene rings is 2. The van der Waals surface area contributed by atoms with Gasteiger partial charge in [0.1, 0.15) is 24.1 Å². The topological polar surface area (TPSA) is 52.3 Å². The normalized spacial score (nSPS) is 10.5. The molecule has 2 aromatic carbocycles. The number of halogens is 4. The quantitative estimate of drug-likeness (QED) is 0.694. The first-order chi connectivity index (χ1) is 9.90. The van der Waals surface area contributed by atoms with E-state index in [1.807, 2.05) is 0 Å². The summed E-state index contributed by atoms with van der Waals surface area (Å²) in [5.41, 5.74) is 4.59. The lowest BCUT2D eigenvalue weighted by atomic mass is 10.2. The molecule has 2 N–H and O–H groups in total. The lowest BCUT2D eigenvalue weighted by Gasteiger charge is -2.08. The standard InChI is InChI=1S/C14H9ClF3NO2/c15-13-7(2-1-3-9(13)16)6-21-14(20)8-4-12(19)11(18)5-10(8)17/h1-5H,6,19H2. The Bertz CT molecular complexity index is 707. The van der Waals surface area contributed by atoms with Gasteiger partial charge in [0, 0.05) is 11.6 Å². The first kappa shape index (κ1) is 15.2. The minimum absolute atomic E-state index is 0.190. The van der Waals surface area contributed by atoms with E-state index in [4.69, 9.17) is 22.1 Å². The summed E-state index contributed by atoms with van der Waals surface area (Å²) in [5, 5.41) is -0.190. The van der Waals surface area contributed by atoms with Crippen LogP contribution in [0.2, 0.25) is 5.02 Å². The molecule has 3 nitrogen and oxygen atoms in total. The number of ether oxygens (including phenoxy) is 1. The highest BCUT2D eigenvalue weighted by Gasteiger charge is 2.17. The van der Waals surface area contributed by atoms with Gasteiger partial charge in [0.15, 0.2) is 0 Å². The zero-order chi connectivity index (χ0) is 15.6. The van der Waals surface area contributed by atoms with Gasteiger partial charge in [-0.1, -0.05) is 23.7 Å². The van der Waals surface area contributed by atoms with Gasteiger partial charge in [-0.05, 0) is 12.1 Å². The van der Waals surface area contributed by atoms with Gasteiger partial charge in [-0.25, -0.2) is 18.0 Å². The maximum absolute atomic E-state index is 13.5. The molecule has 110 valence electrons. The fourth-order valence-corrected chi connectivity index (χ4v) is 1.78. The van der Waals surface area contributed by atoms with Crippen molar-refractivity contribution in [3.05, 3.63) is 63.9 Å². The van der Waals surface area contributed by atoms with Crippen LogP contribution < -0.4 is 5.73 Å². The SMILES string of the molecule is Nc1cc(C(=O)OCc2cccc(F)c2Cl)c(F)cc1F. The van der Waals surface area contributed by atoms with Crippen LogP contribution in [-0.4, -0.2) is 5.97 Å². The number of nitrogens with two attached hydrogens (primary N) is 1. The number of rotatable bonds is 3. The summed E-state index contributed by atoms with van der Waals surface area (Å²) < 4.78 is 44.5. The number of esters is 1. The van der Waals surface area contributed by atoms with Crippen LogP contribution in [0, 0.1) is 17.5 Å². The average Bonchev–Trinajstić information content (AvgIpc) is 2.44. The van der Waals surface area contributed by atoms with Crippen LogP contribution in [-0.2, 0) is 11.3 Å². The molecule has 2 aromatic rings. The van der Waals surface area contributed by atoms with Gasteiger partial charge in [-0.15, -0.1) is 0 Å². The van der Waals surface area contributed by atoms with Crippen molar-refractivity contribution in [3.63, 3.8) is 0 Å². The molecule has 2 rings (SSSR count). The Morgan fingerprint density at radius 1 is 1.14 bits per heavy atom. The highest BCUT2D eigenvalue weighted by molar-refractivity contribution is 6.31.